The predicted octanol–water partition coefficient (Wildman–Crippen LogP) is 0.452. The van der Waals surface area contributed by atoms with Gasteiger partial charge in [0.2, 0.25) is 0 Å². The quantitative estimate of drug-likeness (QED) is 0.724. The van der Waals surface area contributed by atoms with Crippen molar-refractivity contribution < 1.29 is 9.53 Å². The van der Waals surface area contributed by atoms with E-state index in [1.807, 2.05) is 6.07 Å². The summed E-state index contributed by atoms with van der Waals surface area (Å²) >= 11 is 0. The van der Waals surface area contributed by atoms with Crippen LogP contribution in [0.15, 0.2) is 0 Å². The average molecular weight is 260 g/mol. The van der Waals surface area contributed by atoms with Crippen molar-refractivity contribution in [1.29, 1.82) is 5.26 Å². The Morgan fingerprint density at radius 1 is 1.58 bits per heavy atom. The van der Waals surface area contributed by atoms with Crippen LogP contribution >= 0.6 is 0 Å². The van der Waals surface area contributed by atoms with Gasteiger partial charge >= 0.3 is 6.09 Å². The van der Waals surface area contributed by atoms with Crippen molar-refractivity contribution in [3.05, 3.63) is 11.4 Å². The molecule has 6 nitrogen and oxygen atoms in total. The Labute approximate surface area is 114 Å². The smallest absolute Gasteiger partial charge is 0.410 e. The Bertz CT molecular complexity index is 525. The van der Waals surface area contributed by atoms with E-state index in [2.05, 4.69) is 5.10 Å². The molecule has 19 heavy (non-hydrogen) atoms. The number of hydrogen-bond acceptors (Lipinski definition) is 4. The van der Waals surface area contributed by atoms with E-state index in [1.165, 1.54) is 9.58 Å². The highest BCUT2D eigenvalue weighted by molar-refractivity contribution is 6.34. The van der Waals surface area contributed by atoms with Gasteiger partial charge in [-0.2, -0.15) is 10.4 Å². The molecule has 0 spiro atoms. The fourth-order valence-electron chi connectivity index (χ4n) is 1.47. The fraction of sp³-hybridized carbons (Fsp3) is 0.583. The largest absolute Gasteiger partial charge is 0.444 e. The first kappa shape index (κ1) is 15.1. The maximum absolute atomic E-state index is 11.8. The van der Waals surface area contributed by atoms with Crippen molar-refractivity contribution in [2.45, 2.75) is 32.9 Å². The molecule has 0 N–H and O–H groups in total. The van der Waals surface area contributed by atoms with Gasteiger partial charge in [-0.1, -0.05) is 0 Å². The van der Waals surface area contributed by atoms with Gasteiger partial charge in [-0.05, 0) is 26.2 Å². The monoisotopic (exact) mass is 260 g/mol. The van der Waals surface area contributed by atoms with Gasteiger partial charge in [0.1, 0.15) is 25.2 Å². The van der Waals surface area contributed by atoms with E-state index in [0.29, 0.717) is 11.2 Å². The molecule has 100 valence electrons. The molecule has 0 aliphatic carbocycles. The fourth-order valence-corrected chi connectivity index (χ4v) is 1.47. The van der Waals surface area contributed by atoms with Gasteiger partial charge in [0.25, 0.3) is 0 Å². The van der Waals surface area contributed by atoms with E-state index in [1.54, 1.807) is 34.9 Å². The van der Waals surface area contributed by atoms with Crippen LogP contribution in [0.5, 0.6) is 0 Å². The third-order valence-electron chi connectivity index (χ3n) is 2.36. The van der Waals surface area contributed by atoms with Crippen LogP contribution in [0.1, 0.15) is 32.2 Å². The highest BCUT2D eigenvalue weighted by atomic mass is 16.6. The third kappa shape index (κ3) is 3.75. The zero-order chi connectivity index (χ0) is 14.8. The van der Waals surface area contributed by atoms with Crippen molar-refractivity contribution in [2.24, 2.45) is 7.05 Å². The Hall–Kier alpha value is -1.97. The summed E-state index contributed by atoms with van der Waals surface area (Å²) in [5.74, 6) is 0. The van der Waals surface area contributed by atoms with Crippen molar-refractivity contribution in [3.63, 3.8) is 0 Å². The number of nitrogens with zero attached hydrogens (tertiary/aromatic N) is 4. The molecular formula is C12H17BN4O2. The van der Waals surface area contributed by atoms with Crippen LogP contribution in [0.25, 0.3) is 0 Å². The van der Waals surface area contributed by atoms with E-state index in [9.17, 15) is 4.79 Å². The summed E-state index contributed by atoms with van der Waals surface area (Å²) in [5, 5.41) is 13.0. The molecule has 2 radical (unpaired) electrons. The van der Waals surface area contributed by atoms with Gasteiger partial charge in [0, 0.05) is 14.1 Å². The van der Waals surface area contributed by atoms with Gasteiger partial charge < -0.3 is 9.64 Å². The van der Waals surface area contributed by atoms with Crippen molar-refractivity contribution >= 4 is 19.4 Å². The number of amides is 1. The lowest BCUT2D eigenvalue weighted by Gasteiger charge is -2.24. The van der Waals surface area contributed by atoms with Crippen LogP contribution in [0.2, 0.25) is 0 Å². The van der Waals surface area contributed by atoms with E-state index in [-0.39, 0.29) is 12.2 Å². The number of hydrogen-bond donors (Lipinski definition) is 0. The molecule has 0 aliphatic rings. The SMILES string of the molecule is [B]c1c(CN(C)C(=O)OC(C)(C)C)nn(C)c1C#N. The van der Waals surface area contributed by atoms with Crippen LogP contribution in [0, 0.1) is 11.3 Å². The second-order valence-corrected chi connectivity index (χ2v) is 5.28. The number of ether oxygens (including phenoxy) is 1. The van der Waals surface area contributed by atoms with Gasteiger partial charge in [0.15, 0.2) is 0 Å². The normalized spacial score (nSPS) is 10.9. The van der Waals surface area contributed by atoms with Crippen molar-refractivity contribution in [3.8, 4) is 6.07 Å². The summed E-state index contributed by atoms with van der Waals surface area (Å²) in [6.45, 7) is 5.57. The first-order valence-corrected chi connectivity index (χ1v) is 5.81. The minimum atomic E-state index is -0.557. The van der Waals surface area contributed by atoms with E-state index in [4.69, 9.17) is 17.8 Å². The molecule has 0 bridgehead atoms. The molecule has 7 heteroatoms. The molecule has 1 rings (SSSR count). The highest BCUT2D eigenvalue weighted by Crippen LogP contribution is 2.10. The molecule has 0 saturated carbocycles. The number of rotatable bonds is 2. The van der Waals surface area contributed by atoms with Gasteiger partial charge in [0.05, 0.1) is 12.2 Å². The van der Waals surface area contributed by atoms with Gasteiger partial charge in [-0.25, -0.2) is 4.79 Å². The van der Waals surface area contributed by atoms with Crippen molar-refractivity contribution in [1.82, 2.24) is 14.7 Å². The van der Waals surface area contributed by atoms with Crippen LogP contribution in [0.3, 0.4) is 0 Å². The maximum atomic E-state index is 11.8. The zero-order valence-corrected chi connectivity index (χ0v) is 11.9. The number of aromatic nitrogens is 2. The summed E-state index contributed by atoms with van der Waals surface area (Å²) < 4.78 is 6.62. The van der Waals surface area contributed by atoms with Crippen LogP contribution < -0.4 is 5.46 Å². The Morgan fingerprint density at radius 3 is 2.58 bits per heavy atom. The van der Waals surface area contributed by atoms with Crippen LogP contribution in [-0.4, -0.2) is 41.3 Å². The van der Waals surface area contributed by atoms with E-state index >= 15 is 0 Å². The molecule has 1 aromatic heterocycles. The minimum absolute atomic E-state index is 0.191. The van der Waals surface area contributed by atoms with Crippen molar-refractivity contribution in [2.75, 3.05) is 7.05 Å². The first-order valence-electron chi connectivity index (χ1n) is 5.81. The average Bonchev–Trinajstić information content (AvgIpc) is 2.51. The number of carbonyl (C=O) groups is 1. The number of nitriles is 1. The molecule has 0 aromatic carbocycles. The highest BCUT2D eigenvalue weighted by Gasteiger charge is 2.21. The molecule has 1 aromatic rings. The summed E-state index contributed by atoms with van der Waals surface area (Å²) in [6.07, 6.45) is -0.462. The van der Waals surface area contributed by atoms with Crippen LogP contribution in [-0.2, 0) is 18.3 Å². The molecule has 0 aliphatic heterocycles. The second kappa shape index (κ2) is 5.35. The lowest BCUT2D eigenvalue weighted by molar-refractivity contribution is 0.0283. The second-order valence-electron chi connectivity index (χ2n) is 5.28. The summed E-state index contributed by atoms with van der Waals surface area (Å²) in [7, 11) is 9.03. The van der Waals surface area contributed by atoms with Gasteiger partial charge in [-0.3, -0.25) is 4.68 Å². The zero-order valence-electron chi connectivity index (χ0n) is 11.9. The van der Waals surface area contributed by atoms with E-state index < -0.39 is 11.7 Å². The molecule has 1 amide bonds. The first-order chi connectivity index (χ1) is 8.65. The summed E-state index contributed by atoms with van der Waals surface area (Å²) in [5.41, 5.74) is 0.499. The lowest BCUT2D eigenvalue weighted by Crippen LogP contribution is -2.34. The standard InChI is InChI=1S/C12H17BN4O2/c1-12(2,3)19-11(18)16(4)7-8-10(13)9(6-14)17(5)15-8/h7H2,1-5H3. The number of carbonyl (C=O) groups excluding carboxylic acids is 1. The summed E-state index contributed by atoms with van der Waals surface area (Å²) in [6, 6.07) is 1.97. The topological polar surface area (TPSA) is 71.2 Å². The Morgan fingerprint density at radius 2 is 2.16 bits per heavy atom. The van der Waals surface area contributed by atoms with E-state index in [0.717, 1.165) is 0 Å². The molecule has 1 heterocycles. The molecule has 0 fully saturated rings. The minimum Gasteiger partial charge on any atom is -0.444 e. The molecular weight excluding hydrogens is 243 g/mol. The Kier molecular flexibility index (Phi) is 4.25. The molecule has 0 saturated heterocycles. The number of aryl methyl sites for hydroxylation is 1. The summed E-state index contributed by atoms with van der Waals surface area (Å²) in [4.78, 5) is 13.2. The maximum Gasteiger partial charge on any atom is 0.410 e. The van der Waals surface area contributed by atoms with Gasteiger partial charge in [-0.15, -0.1) is 0 Å². The lowest BCUT2D eigenvalue weighted by atomic mass is 9.93. The van der Waals surface area contributed by atoms with Crippen LogP contribution in [0.4, 0.5) is 4.79 Å². The molecule has 0 unspecified atom stereocenters. The predicted molar refractivity (Wildman–Crippen MR) is 71.0 cm³/mol. The third-order valence-corrected chi connectivity index (χ3v) is 2.36. The molecule has 0 atom stereocenters. The Balaban J connectivity index is 2.81.